The summed E-state index contributed by atoms with van der Waals surface area (Å²) in [5.41, 5.74) is 3.96. The molecule has 1 aliphatic heterocycles. The molecule has 0 spiro atoms. The highest BCUT2D eigenvalue weighted by Crippen LogP contribution is 2.36. The van der Waals surface area contributed by atoms with Crippen molar-refractivity contribution in [2.24, 2.45) is 0 Å². The van der Waals surface area contributed by atoms with Crippen molar-refractivity contribution in [1.29, 1.82) is 0 Å². The topological polar surface area (TPSA) is 29.9 Å². The summed E-state index contributed by atoms with van der Waals surface area (Å²) in [4.78, 5) is 0. The lowest BCUT2D eigenvalue weighted by Crippen LogP contribution is -2.04. The summed E-state index contributed by atoms with van der Waals surface area (Å²) in [5, 5.41) is 10.0. The smallest absolute Gasteiger partial charge is 0.133 e. The van der Waals surface area contributed by atoms with Crippen molar-refractivity contribution in [2.45, 2.75) is 6.42 Å². The van der Waals surface area contributed by atoms with Crippen LogP contribution >= 0.6 is 34.8 Å². The van der Waals surface area contributed by atoms with Gasteiger partial charge in [0, 0.05) is 32.7 Å². The largest absolute Gasteiger partial charge is 0.369 e. The predicted octanol–water partition coefficient (Wildman–Crippen LogP) is 5.47. The zero-order chi connectivity index (χ0) is 16.0. The lowest BCUT2D eigenvalue weighted by molar-refractivity contribution is 0.882. The van der Waals surface area contributed by atoms with E-state index in [9.17, 15) is 0 Å². The van der Waals surface area contributed by atoms with E-state index in [0.29, 0.717) is 15.1 Å². The maximum atomic E-state index is 6.13. The molecule has 0 aliphatic carbocycles. The Bertz CT molecular complexity index is 882. The number of aromatic nitrogens is 2. The van der Waals surface area contributed by atoms with Gasteiger partial charge in [0.05, 0.1) is 11.4 Å². The molecule has 3 aromatic rings. The fourth-order valence-corrected chi connectivity index (χ4v) is 3.60. The molecule has 1 aliphatic rings. The molecule has 0 bridgehead atoms. The average molecular weight is 365 g/mol. The highest BCUT2D eigenvalue weighted by molar-refractivity contribution is 6.34. The summed E-state index contributed by atoms with van der Waals surface area (Å²) >= 11 is 18.4. The van der Waals surface area contributed by atoms with Crippen molar-refractivity contribution in [3.63, 3.8) is 0 Å². The first kappa shape index (κ1) is 14.9. The molecule has 0 fully saturated rings. The first-order valence-corrected chi connectivity index (χ1v) is 8.33. The van der Waals surface area contributed by atoms with Gasteiger partial charge in [-0.3, -0.25) is 0 Å². The molecule has 0 radical (unpaired) electrons. The van der Waals surface area contributed by atoms with Gasteiger partial charge in [0.25, 0.3) is 0 Å². The monoisotopic (exact) mass is 363 g/mol. The van der Waals surface area contributed by atoms with Crippen molar-refractivity contribution in [3.8, 4) is 16.9 Å². The van der Waals surface area contributed by atoms with E-state index < -0.39 is 0 Å². The number of halogens is 3. The van der Waals surface area contributed by atoms with Crippen molar-refractivity contribution < 1.29 is 0 Å². The molecule has 1 N–H and O–H groups in total. The molecule has 116 valence electrons. The van der Waals surface area contributed by atoms with E-state index in [1.807, 2.05) is 41.1 Å². The Morgan fingerprint density at radius 1 is 0.957 bits per heavy atom. The Morgan fingerprint density at radius 3 is 2.48 bits per heavy atom. The molecule has 0 atom stereocenters. The molecule has 4 rings (SSSR count). The van der Waals surface area contributed by atoms with Crippen molar-refractivity contribution in [1.82, 2.24) is 9.78 Å². The Hall–Kier alpha value is -1.68. The fraction of sp³-hybridized carbons (Fsp3) is 0.118. The van der Waals surface area contributed by atoms with E-state index in [2.05, 4.69) is 5.32 Å². The van der Waals surface area contributed by atoms with Gasteiger partial charge >= 0.3 is 0 Å². The van der Waals surface area contributed by atoms with Crippen molar-refractivity contribution in [2.75, 3.05) is 11.9 Å². The Morgan fingerprint density at radius 2 is 1.74 bits per heavy atom. The summed E-state index contributed by atoms with van der Waals surface area (Å²) in [6.45, 7) is 0.884. The maximum Gasteiger partial charge on any atom is 0.133 e. The number of nitrogens with one attached hydrogen (secondary N) is 1. The average Bonchev–Trinajstić information content (AvgIpc) is 3.07. The van der Waals surface area contributed by atoms with Gasteiger partial charge < -0.3 is 5.32 Å². The van der Waals surface area contributed by atoms with E-state index in [-0.39, 0.29) is 0 Å². The quantitative estimate of drug-likeness (QED) is 0.653. The van der Waals surface area contributed by atoms with Crippen molar-refractivity contribution >= 4 is 40.6 Å². The molecule has 3 nitrogen and oxygen atoms in total. The second kappa shape index (κ2) is 5.75. The molecule has 1 aromatic heterocycles. The third-order valence-electron chi connectivity index (χ3n) is 3.84. The first-order chi connectivity index (χ1) is 11.1. The minimum atomic E-state index is 0.582. The highest BCUT2D eigenvalue weighted by atomic mass is 35.5. The SMILES string of the molecule is Clc1cccc(-c2nn(-c3cc(Cl)cc(Cl)c3)c3c2CCN3)c1. The Labute approximate surface area is 148 Å². The summed E-state index contributed by atoms with van der Waals surface area (Å²) in [6.07, 6.45) is 0.922. The van der Waals surface area contributed by atoms with Gasteiger partial charge in [0.15, 0.2) is 0 Å². The van der Waals surface area contributed by atoms with E-state index in [4.69, 9.17) is 39.9 Å². The van der Waals surface area contributed by atoms with E-state index in [1.165, 1.54) is 5.56 Å². The van der Waals surface area contributed by atoms with Crippen LogP contribution in [0.25, 0.3) is 16.9 Å². The van der Waals surface area contributed by atoms with Gasteiger partial charge in [-0.25, -0.2) is 4.68 Å². The lowest BCUT2D eigenvalue weighted by Gasteiger charge is -2.07. The van der Waals surface area contributed by atoms with Crippen LogP contribution in [-0.4, -0.2) is 16.3 Å². The predicted molar refractivity (Wildman–Crippen MR) is 96.2 cm³/mol. The lowest BCUT2D eigenvalue weighted by atomic mass is 10.1. The Balaban J connectivity index is 1.91. The molecule has 0 amide bonds. The molecule has 2 heterocycles. The van der Waals surface area contributed by atoms with Crippen LogP contribution in [-0.2, 0) is 6.42 Å². The second-order valence-electron chi connectivity index (χ2n) is 5.40. The van der Waals surface area contributed by atoms with Gasteiger partial charge in [-0.15, -0.1) is 0 Å². The third kappa shape index (κ3) is 2.69. The fourth-order valence-electron chi connectivity index (χ4n) is 2.89. The van der Waals surface area contributed by atoms with Crippen LogP contribution in [0.3, 0.4) is 0 Å². The van der Waals surface area contributed by atoms with E-state index in [0.717, 1.165) is 35.7 Å². The number of rotatable bonds is 2. The molecule has 2 aromatic carbocycles. The minimum Gasteiger partial charge on any atom is -0.369 e. The summed E-state index contributed by atoms with van der Waals surface area (Å²) in [6, 6.07) is 13.1. The standard InChI is InChI=1S/C17H12Cl3N3/c18-11-3-1-2-10(6-11)16-15-4-5-21-17(15)23(22-16)14-8-12(19)7-13(20)9-14/h1-3,6-9,21H,4-5H2. The zero-order valence-electron chi connectivity index (χ0n) is 12.0. The van der Waals surface area contributed by atoms with Crippen LogP contribution < -0.4 is 5.32 Å². The van der Waals surface area contributed by atoms with E-state index in [1.54, 1.807) is 6.07 Å². The van der Waals surface area contributed by atoms with E-state index >= 15 is 0 Å². The molecule has 6 heteroatoms. The number of anilines is 1. The summed E-state index contributed by atoms with van der Waals surface area (Å²) < 4.78 is 1.86. The van der Waals surface area contributed by atoms with Crippen LogP contribution in [0.4, 0.5) is 5.82 Å². The number of nitrogens with zero attached hydrogens (tertiary/aromatic N) is 2. The van der Waals surface area contributed by atoms with Crippen LogP contribution in [0.2, 0.25) is 15.1 Å². The zero-order valence-corrected chi connectivity index (χ0v) is 14.3. The van der Waals surface area contributed by atoms with Crippen LogP contribution in [0, 0.1) is 0 Å². The third-order valence-corrected chi connectivity index (χ3v) is 4.51. The van der Waals surface area contributed by atoms with Gasteiger partial charge in [-0.2, -0.15) is 5.10 Å². The highest BCUT2D eigenvalue weighted by Gasteiger charge is 2.24. The number of hydrogen-bond donors (Lipinski definition) is 1. The molecule has 0 unspecified atom stereocenters. The normalized spacial score (nSPS) is 13.0. The summed E-state index contributed by atoms with van der Waals surface area (Å²) in [7, 11) is 0. The Kier molecular flexibility index (Phi) is 3.72. The number of hydrogen-bond acceptors (Lipinski definition) is 2. The van der Waals surface area contributed by atoms with Gasteiger partial charge in [-0.05, 0) is 36.8 Å². The van der Waals surface area contributed by atoms with Crippen LogP contribution in [0.15, 0.2) is 42.5 Å². The second-order valence-corrected chi connectivity index (χ2v) is 6.71. The molecule has 0 saturated heterocycles. The minimum absolute atomic E-state index is 0.582. The number of fused-ring (bicyclic) bond motifs is 1. The molecular formula is C17H12Cl3N3. The molecular weight excluding hydrogens is 353 g/mol. The maximum absolute atomic E-state index is 6.13. The molecule has 23 heavy (non-hydrogen) atoms. The van der Waals surface area contributed by atoms with Crippen LogP contribution in [0.1, 0.15) is 5.56 Å². The summed E-state index contributed by atoms with van der Waals surface area (Å²) in [5.74, 6) is 0.985. The van der Waals surface area contributed by atoms with Gasteiger partial charge in [0.1, 0.15) is 5.82 Å². The van der Waals surface area contributed by atoms with Crippen molar-refractivity contribution in [3.05, 3.63) is 63.1 Å². The molecule has 0 saturated carbocycles. The number of benzene rings is 2. The van der Waals surface area contributed by atoms with Gasteiger partial charge in [-0.1, -0.05) is 46.9 Å². The first-order valence-electron chi connectivity index (χ1n) is 7.20. The van der Waals surface area contributed by atoms with Gasteiger partial charge in [0.2, 0.25) is 0 Å². The van der Waals surface area contributed by atoms with Crippen LogP contribution in [0.5, 0.6) is 0 Å².